The van der Waals surface area contributed by atoms with Gasteiger partial charge in [-0.25, -0.2) is 12.8 Å². The van der Waals surface area contributed by atoms with Crippen molar-refractivity contribution >= 4 is 21.6 Å². The Labute approximate surface area is 143 Å². The molecule has 1 aliphatic rings. The summed E-state index contributed by atoms with van der Waals surface area (Å²) in [5, 5.41) is 0.213. The Morgan fingerprint density at radius 3 is 2.33 bits per heavy atom. The van der Waals surface area contributed by atoms with Crippen molar-refractivity contribution in [3.05, 3.63) is 34.6 Å². The van der Waals surface area contributed by atoms with Crippen molar-refractivity contribution in [3.8, 4) is 0 Å². The van der Waals surface area contributed by atoms with E-state index in [1.54, 1.807) is 0 Å². The van der Waals surface area contributed by atoms with Gasteiger partial charge in [0.05, 0.1) is 5.75 Å². The summed E-state index contributed by atoms with van der Waals surface area (Å²) in [6.45, 7) is 0.858. The van der Waals surface area contributed by atoms with Crippen LogP contribution in [0, 0.1) is 5.82 Å². The van der Waals surface area contributed by atoms with Crippen molar-refractivity contribution in [2.24, 2.45) is 0 Å². The third kappa shape index (κ3) is 4.59. The molecule has 0 aliphatic carbocycles. The Balaban J connectivity index is 2.04. The maximum Gasteiger partial charge on any atom is 0.403 e. The zero-order valence-corrected chi connectivity index (χ0v) is 14.4. The average Bonchev–Trinajstić information content (AvgIpc) is 2.49. The SMILES string of the molecule is C[C@@H](N1CCN(S(=O)(=O)Cc2cc(Cl)ccc2F)CC1)C(F)(F)F. The molecule has 4 nitrogen and oxygen atoms in total. The van der Waals surface area contributed by atoms with Gasteiger partial charge in [-0.2, -0.15) is 17.5 Å². The lowest BCUT2D eigenvalue weighted by Crippen LogP contribution is -2.54. The Kier molecular flexibility index (Phi) is 5.79. The number of alkyl halides is 3. The van der Waals surface area contributed by atoms with Gasteiger partial charge in [-0.05, 0) is 25.1 Å². The number of rotatable bonds is 4. The minimum Gasteiger partial charge on any atom is -0.290 e. The summed E-state index contributed by atoms with van der Waals surface area (Å²) in [5.74, 6) is -1.26. The lowest BCUT2D eigenvalue weighted by atomic mass is 10.2. The normalized spacial score (nSPS) is 19.4. The molecular formula is C14H17ClF4N2O2S. The van der Waals surface area contributed by atoms with Crippen molar-refractivity contribution in [2.45, 2.75) is 24.9 Å². The van der Waals surface area contributed by atoms with E-state index in [9.17, 15) is 26.0 Å². The number of nitrogens with zero attached hydrogens (tertiary/aromatic N) is 2. The van der Waals surface area contributed by atoms with Gasteiger partial charge in [0.25, 0.3) is 0 Å². The zero-order valence-electron chi connectivity index (χ0n) is 12.9. The molecule has 1 aromatic rings. The number of halogens is 5. The molecule has 1 saturated heterocycles. The van der Waals surface area contributed by atoms with Gasteiger partial charge in [-0.3, -0.25) is 4.90 Å². The van der Waals surface area contributed by atoms with Crippen LogP contribution < -0.4 is 0 Å². The van der Waals surface area contributed by atoms with E-state index in [1.165, 1.54) is 17.0 Å². The quantitative estimate of drug-likeness (QED) is 0.745. The van der Waals surface area contributed by atoms with Crippen LogP contribution in [0.2, 0.25) is 5.02 Å². The Morgan fingerprint density at radius 1 is 1.21 bits per heavy atom. The maximum atomic E-state index is 13.7. The van der Waals surface area contributed by atoms with Crippen LogP contribution in [0.15, 0.2) is 18.2 Å². The molecule has 0 saturated carbocycles. The average molecular weight is 389 g/mol. The molecule has 0 aromatic heterocycles. The van der Waals surface area contributed by atoms with E-state index in [1.807, 2.05) is 0 Å². The van der Waals surface area contributed by atoms with E-state index in [0.29, 0.717) is 0 Å². The molecule has 0 radical (unpaired) electrons. The molecule has 0 N–H and O–H groups in total. The van der Waals surface area contributed by atoms with Gasteiger partial charge in [0.1, 0.15) is 11.9 Å². The van der Waals surface area contributed by atoms with Gasteiger partial charge in [-0.15, -0.1) is 0 Å². The first kappa shape index (κ1) is 19.4. The molecule has 10 heteroatoms. The fourth-order valence-corrected chi connectivity index (χ4v) is 4.23. The van der Waals surface area contributed by atoms with Crippen LogP contribution in [0.25, 0.3) is 0 Å². The van der Waals surface area contributed by atoms with E-state index in [-0.39, 0.29) is 36.8 Å². The molecule has 1 fully saturated rings. The number of hydrogen-bond acceptors (Lipinski definition) is 3. The maximum absolute atomic E-state index is 13.7. The van der Waals surface area contributed by atoms with Gasteiger partial charge in [-0.1, -0.05) is 11.6 Å². The fraction of sp³-hybridized carbons (Fsp3) is 0.571. The molecule has 0 spiro atoms. The van der Waals surface area contributed by atoms with Crippen molar-refractivity contribution in [3.63, 3.8) is 0 Å². The molecule has 0 unspecified atom stereocenters. The molecule has 0 amide bonds. The standard InChI is InChI=1S/C14H17ClF4N2O2S/c1-10(14(17,18)19)20-4-6-21(7-5-20)24(22,23)9-11-8-12(15)2-3-13(11)16/h2-3,8,10H,4-7,9H2,1H3/t10-/m1/s1. The lowest BCUT2D eigenvalue weighted by molar-refractivity contribution is -0.181. The Hall–Kier alpha value is -0.900. The molecule has 136 valence electrons. The van der Waals surface area contributed by atoms with E-state index < -0.39 is 33.8 Å². The minimum absolute atomic E-state index is 0.0298. The summed E-state index contributed by atoms with van der Waals surface area (Å²) in [6.07, 6.45) is -4.36. The van der Waals surface area contributed by atoms with Crippen LogP contribution in [0.5, 0.6) is 0 Å². The first-order valence-corrected chi connectivity index (χ1v) is 9.22. The summed E-state index contributed by atoms with van der Waals surface area (Å²) in [6, 6.07) is 1.99. The highest BCUT2D eigenvalue weighted by Crippen LogP contribution is 2.26. The number of sulfonamides is 1. The molecule has 1 aromatic carbocycles. The largest absolute Gasteiger partial charge is 0.403 e. The lowest BCUT2D eigenvalue weighted by Gasteiger charge is -2.37. The van der Waals surface area contributed by atoms with Crippen molar-refractivity contribution in [2.75, 3.05) is 26.2 Å². The van der Waals surface area contributed by atoms with Crippen molar-refractivity contribution < 1.29 is 26.0 Å². The highest BCUT2D eigenvalue weighted by atomic mass is 35.5. The monoisotopic (exact) mass is 388 g/mol. The Morgan fingerprint density at radius 2 is 1.79 bits per heavy atom. The predicted octanol–water partition coefficient (Wildman–Crippen LogP) is 2.88. The number of benzene rings is 1. The number of hydrogen-bond donors (Lipinski definition) is 0. The molecular weight excluding hydrogens is 372 g/mol. The summed E-state index contributed by atoms with van der Waals surface area (Å²) in [4.78, 5) is 1.19. The molecule has 1 aliphatic heterocycles. The molecule has 24 heavy (non-hydrogen) atoms. The first-order valence-electron chi connectivity index (χ1n) is 7.23. The summed E-state index contributed by atoms with van der Waals surface area (Å²) >= 11 is 5.74. The van der Waals surface area contributed by atoms with Crippen LogP contribution in [0.3, 0.4) is 0 Å². The summed E-state index contributed by atoms with van der Waals surface area (Å²) in [5.41, 5.74) is -0.0615. The van der Waals surface area contributed by atoms with Gasteiger partial charge in [0.2, 0.25) is 10.0 Å². The van der Waals surface area contributed by atoms with Gasteiger partial charge in [0, 0.05) is 36.8 Å². The highest BCUT2D eigenvalue weighted by Gasteiger charge is 2.41. The van der Waals surface area contributed by atoms with Crippen LogP contribution in [-0.2, 0) is 15.8 Å². The van der Waals surface area contributed by atoms with Gasteiger partial charge >= 0.3 is 6.18 Å². The number of piperazine rings is 1. The summed E-state index contributed by atoms with van der Waals surface area (Å²) in [7, 11) is -3.83. The predicted molar refractivity (Wildman–Crippen MR) is 82.7 cm³/mol. The summed E-state index contributed by atoms with van der Waals surface area (Å²) < 4.78 is 77.6. The fourth-order valence-electron chi connectivity index (χ4n) is 2.52. The smallest absolute Gasteiger partial charge is 0.290 e. The van der Waals surface area contributed by atoms with E-state index in [0.717, 1.165) is 17.3 Å². The zero-order chi connectivity index (χ0) is 18.1. The second-order valence-electron chi connectivity index (χ2n) is 5.64. The Bertz CT molecular complexity index is 689. The topological polar surface area (TPSA) is 40.6 Å². The third-order valence-electron chi connectivity index (χ3n) is 4.03. The van der Waals surface area contributed by atoms with Crippen LogP contribution >= 0.6 is 11.6 Å². The van der Waals surface area contributed by atoms with E-state index in [2.05, 4.69) is 0 Å². The van der Waals surface area contributed by atoms with Crippen LogP contribution in [-0.4, -0.2) is 56.0 Å². The molecule has 1 atom stereocenters. The highest BCUT2D eigenvalue weighted by molar-refractivity contribution is 7.88. The van der Waals surface area contributed by atoms with Crippen molar-refractivity contribution in [1.29, 1.82) is 0 Å². The van der Waals surface area contributed by atoms with Crippen LogP contribution in [0.1, 0.15) is 12.5 Å². The van der Waals surface area contributed by atoms with Gasteiger partial charge in [0.15, 0.2) is 0 Å². The molecule has 0 bridgehead atoms. The molecule has 1 heterocycles. The van der Waals surface area contributed by atoms with E-state index >= 15 is 0 Å². The first-order chi connectivity index (χ1) is 11.0. The second kappa shape index (κ2) is 7.15. The second-order valence-corrected chi connectivity index (χ2v) is 8.05. The van der Waals surface area contributed by atoms with Crippen molar-refractivity contribution in [1.82, 2.24) is 9.21 Å². The third-order valence-corrected chi connectivity index (χ3v) is 6.10. The van der Waals surface area contributed by atoms with Crippen LogP contribution in [0.4, 0.5) is 17.6 Å². The van der Waals surface area contributed by atoms with Gasteiger partial charge < -0.3 is 0 Å². The van der Waals surface area contributed by atoms with E-state index in [4.69, 9.17) is 11.6 Å². The molecule has 2 rings (SSSR count). The minimum atomic E-state index is -4.36.